The summed E-state index contributed by atoms with van der Waals surface area (Å²) in [6, 6.07) is 29.1. The number of rotatable bonds is 4. The number of aromatic hydroxyl groups is 2. The van der Waals surface area contributed by atoms with Crippen molar-refractivity contribution in [3.05, 3.63) is 118 Å². The Kier molecular flexibility index (Phi) is 10.5. The van der Waals surface area contributed by atoms with E-state index in [2.05, 4.69) is 42.3 Å². The first-order valence-electron chi connectivity index (χ1n) is 14.8. The second-order valence-corrected chi connectivity index (χ2v) is 13.6. The van der Waals surface area contributed by atoms with Crippen LogP contribution in [0.2, 0.25) is 0 Å². The topological polar surface area (TPSA) is 181 Å². The number of para-hydroxylation sites is 2. The Bertz CT molecular complexity index is 2170. The lowest BCUT2D eigenvalue weighted by Crippen LogP contribution is -2.34. The van der Waals surface area contributed by atoms with E-state index in [0.29, 0.717) is 42.0 Å². The quantitative estimate of drug-likeness (QED) is 0.139. The summed E-state index contributed by atoms with van der Waals surface area (Å²) >= 11 is 0. The Morgan fingerprint density at radius 2 is 0.816 bits per heavy atom. The molecule has 0 saturated carbocycles. The lowest BCUT2D eigenvalue weighted by atomic mass is 10.1. The van der Waals surface area contributed by atoms with Crippen molar-refractivity contribution in [3.63, 3.8) is 0 Å². The predicted molar refractivity (Wildman–Crippen MR) is 189 cm³/mol. The van der Waals surface area contributed by atoms with Gasteiger partial charge in [-0.1, -0.05) is 24.3 Å². The molecule has 0 aliphatic heterocycles. The fourth-order valence-electron chi connectivity index (χ4n) is 4.78. The van der Waals surface area contributed by atoms with E-state index in [1.54, 1.807) is 48.5 Å². The summed E-state index contributed by atoms with van der Waals surface area (Å²) in [5.74, 6) is -0.290. The third kappa shape index (κ3) is 8.99. The van der Waals surface area contributed by atoms with Gasteiger partial charge in [0.25, 0.3) is 0 Å². The van der Waals surface area contributed by atoms with Gasteiger partial charge in [-0.25, -0.2) is 0 Å². The molecule has 2 N–H and O–H groups in total. The highest BCUT2D eigenvalue weighted by Crippen LogP contribution is 2.33. The summed E-state index contributed by atoms with van der Waals surface area (Å²) in [6.45, 7) is 0. The van der Waals surface area contributed by atoms with E-state index in [1.807, 2.05) is 48.5 Å². The number of hydrogen-bond acceptors (Lipinski definition) is 10. The van der Waals surface area contributed by atoms with Gasteiger partial charge in [-0.05, 0) is 72.8 Å². The minimum Gasteiger partial charge on any atom is -0.759 e. The molecule has 6 aromatic rings. The molecule has 4 aromatic carbocycles. The van der Waals surface area contributed by atoms with Gasteiger partial charge in [0.1, 0.15) is 22.5 Å². The van der Waals surface area contributed by atoms with E-state index in [9.17, 15) is 19.8 Å². The molecule has 0 bridgehead atoms. The zero-order chi connectivity index (χ0) is 36.3. The van der Waals surface area contributed by atoms with Gasteiger partial charge in [0.15, 0.2) is 11.5 Å². The van der Waals surface area contributed by atoms with Gasteiger partial charge in [0.2, 0.25) is 22.4 Å². The van der Waals surface area contributed by atoms with Gasteiger partial charge >= 0.3 is 0 Å². The van der Waals surface area contributed by atoms with Crippen LogP contribution in [0.1, 0.15) is 0 Å². The molecule has 13 heteroatoms. The summed E-state index contributed by atoms with van der Waals surface area (Å²) in [7, 11) is 7.27. The van der Waals surface area contributed by atoms with Gasteiger partial charge in [-0.3, -0.25) is 27.0 Å². The van der Waals surface area contributed by atoms with Crippen LogP contribution in [0.3, 0.4) is 0 Å². The average Bonchev–Trinajstić information content (AvgIpc) is 3.03. The summed E-state index contributed by atoms with van der Waals surface area (Å²) in [4.78, 5) is 24.5. The molecule has 0 unspecified atom stereocenters. The largest absolute Gasteiger partial charge is 0.759 e. The Labute approximate surface area is 282 Å². The van der Waals surface area contributed by atoms with Gasteiger partial charge in [0, 0.05) is 21.5 Å². The first-order valence-corrected chi connectivity index (χ1v) is 16.1. The van der Waals surface area contributed by atoms with Crippen molar-refractivity contribution in [3.8, 4) is 34.1 Å². The predicted octanol–water partition coefficient (Wildman–Crippen LogP) is 5.39. The van der Waals surface area contributed by atoms with E-state index in [-0.39, 0.29) is 23.0 Å². The van der Waals surface area contributed by atoms with Crippen molar-refractivity contribution in [2.24, 2.45) is 0 Å². The van der Waals surface area contributed by atoms with Crippen LogP contribution in [0.25, 0.3) is 44.6 Å². The molecule has 0 aliphatic rings. The lowest BCUT2D eigenvalue weighted by molar-refractivity contribution is 0.352. The van der Waals surface area contributed by atoms with Gasteiger partial charge in [0.05, 0.1) is 53.1 Å². The van der Waals surface area contributed by atoms with E-state index in [4.69, 9.17) is 26.4 Å². The molecule has 0 spiro atoms. The van der Waals surface area contributed by atoms with E-state index in [1.165, 1.54) is 0 Å². The summed E-state index contributed by atoms with van der Waals surface area (Å²) in [6.07, 6.45) is 0. The summed E-state index contributed by atoms with van der Waals surface area (Å²) in [5.41, 5.74) is 3.71. The second kappa shape index (κ2) is 14.0. The van der Waals surface area contributed by atoms with E-state index in [0.717, 1.165) is 11.4 Å². The van der Waals surface area contributed by atoms with Crippen LogP contribution in [0.4, 0.5) is 11.4 Å². The van der Waals surface area contributed by atoms with Gasteiger partial charge in [-0.2, -0.15) is 0 Å². The third-order valence-electron chi connectivity index (χ3n) is 7.36. The Morgan fingerprint density at radius 1 is 0.531 bits per heavy atom. The average molecular weight is 689 g/mol. The molecule has 0 aliphatic carbocycles. The highest BCUT2D eigenvalue weighted by molar-refractivity contribution is 7.79. The normalized spacial score (nSPS) is 11.8. The Hall–Kier alpha value is -5.31. The second-order valence-electron chi connectivity index (χ2n) is 12.7. The number of nitrogens with zero attached hydrogens (tertiary/aromatic N) is 2. The first kappa shape index (κ1) is 36.5. The van der Waals surface area contributed by atoms with Crippen molar-refractivity contribution >= 4 is 43.7 Å². The van der Waals surface area contributed by atoms with Crippen LogP contribution >= 0.6 is 0 Å². The molecule has 12 nitrogen and oxygen atoms in total. The SMILES string of the molecule is C[N+](C)(C)c1ccc(-c2oc3ccccc3c(=O)c2O)cc1.C[N+](C)(C)c1ccc(-c2oc3ccccc3c(=O)c2O)cc1.O=S(=O)([O-])[O-]. The maximum absolute atomic E-state index is 12.2. The summed E-state index contributed by atoms with van der Waals surface area (Å²) in [5, 5.41) is 21.1. The van der Waals surface area contributed by atoms with E-state index >= 15 is 0 Å². The molecule has 49 heavy (non-hydrogen) atoms. The molecule has 2 aromatic heterocycles. The van der Waals surface area contributed by atoms with Crippen LogP contribution in [0.15, 0.2) is 115 Å². The van der Waals surface area contributed by atoms with Crippen LogP contribution in [0, 0.1) is 0 Å². The number of quaternary nitrogens is 2. The third-order valence-corrected chi connectivity index (χ3v) is 7.36. The molecule has 0 fully saturated rings. The highest BCUT2D eigenvalue weighted by Gasteiger charge is 2.18. The molecule has 2 heterocycles. The highest BCUT2D eigenvalue weighted by atomic mass is 32.3. The fourth-order valence-corrected chi connectivity index (χ4v) is 4.78. The lowest BCUT2D eigenvalue weighted by Gasteiger charge is -2.23. The van der Waals surface area contributed by atoms with Crippen molar-refractivity contribution in [2.45, 2.75) is 0 Å². The summed E-state index contributed by atoms with van der Waals surface area (Å²) < 4.78 is 46.9. The maximum Gasteiger partial charge on any atom is 0.235 e. The minimum atomic E-state index is -5.17. The van der Waals surface area contributed by atoms with Gasteiger partial charge in [-0.15, -0.1) is 0 Å². The fraction of sp³-hybridized carbons (Fsp3) is 0.167. The van der Waals surface area contributed by atoms with Gasteiger partial charge < -0.3 is 28.2 Å². The zero-order valence-corrected chi connectivity index (χ0v) is 28.5. The molecular formula is C36H36N2O10S. The molecule has 0 saturated heterocycles. The molecular weight excluding hydrogens is 652 g/mol. The van der Waals surface area contributed by atoms with Crippen molar-refractivity contribution in [1.82, 2.24) is 8.97 Å². The Balaban J connectivity index is 0.000000194. The Morgan fingerprint density at radius 3 is 1.10 bits per heavy atom. The number of hydrogen-bond donors (Lipinski definition) is 2. The molecule has 6 rings (SSSR count). The van der Waals surface area contributed by atoms with Crippen molar-refractivity contribution in [2.75, 3.05) is 42.3 Å². The number of fused-ring (bicyclic) bond motifs is 2. The van der Waals surface area contributed by atoms with Crippen LogP contribution in [0.5, 0.6) is 11.5 Å². The monoisotopic (exact) mass is 688 g/mol. The van der Waals surface area contributed by atoms with E-state index < -0.39 is 21.3 Å². The standard InChI is InChI=1S/2C18H17NO3.H2O4S/c2*1-19(2,3)13-10-8-12(9-11-13)18-17(21)16(20)14-6-4-5-7-15(14)22-18;1-5(2,3)4/h2*4-11H,1-3H3;(H2,1,2,3,4). The molecule has 0 atom stereocenters. The van der Waals surface area contributed by atoms with Crippen LogP contribution < -0.4 is 19.8 Å². The first-order chi connectivity index (χ1) is 22.8. The smallest absolute Gasteiger partial charge is 0.235 e. The molecule has 256 valence electrons. The number of benzene rings is 4. The maximum atomic E-state index is 12.2. The zero-order valence-electron chi connectivity index (χ0n) is 27.7. The van der Waals surface area contributed by atoms with Crippen LogP contribution in [-0.2, 0) is 10.4 Å². The molecule has 0 radical (unpaired) electrons. The van der Waals surface area contributed by atoms with Crippen molar-refractivity contribution < 1.29 is 36.6 Å². The minimum absolute atomic E-state index is 0.205. The van der Waals surface area contributed by atoms with Crippen molar-refractivity contribution in [1.29, 1.82) is 0 Å². The van der Waals surface area contributed by atoms with Crippen LogP contribution in [-0.4, -0.2) is 70.0 Å². The molecule has 0 amide bonds.